The summed E-state index contributed by atoms with van der Waals surface area (Å²) >= 11 is 0. The maximum atomic E-state index is 13.1. The zero-order chi connectivity index (χ0) is 35.3. The molecule has 0 saturated heterocycles. The number of carbonyl (C=O) groups is 2. The molecule has 0 atom stereocenters. The summed E-state index contributed by atoms with van der Waals surface area (Å²) in [6, 6.07) is 38.0. The number of hydrogen-bond acceptors (Lipinski definition) is 9. The molecule has 0 aliphatic carbocycles. The van der Waals surface area contributed by atoms with E-state index in [1.165, 1.54) is 24.3 Å². The fourth-order valence-electron chi connectivity index (χ4n) is 4.97. The Balaban J connectivity index is 0.00000302. The van der Waals surface area contributed by atoms with Crippen molar-refractivity contribution < 1.29 is 71.1 Å². The van der Waals surface area contributed by atoms with Crippen molar-refractivity contribution in [2.24, 2.45) is 0 Å². The smallest absolute Gasteiger partial charge is 0.744 e. The Bertz CT molecular complexity index is 2250. The van der Waals surface area contributed by atoms with Crippen molar-refractivity contribution in [1.82, 2.24) is 0 Å². The first-order valence-corrected chi connectivity index (χ1v) is 16.7. The van der Waals surface area contributed by atoms with Crippen molar-refractivity contribution in [3.8, 4) is 40.2 Å². The summed E-state index contributed by atoms with van der Waals surface area (Å²) in [6.07, 6.45) is 0. The number of ketones is 2. The van der Waals surface area contributed by atoms with E-state index < -0.39 is 15.0 Å². The van der Waals surface area contributed by atoms with E-state index in [4.69, 9.17) is 18.9 Å². The fourth-order valence-corrected chi connectivity index (χ4v) is 5.65. The number of rotatable bonds is 12. The monoisotopic (exact) mass is 772 g/mol. The van der Waals surface area contributed by atoms with Gasteiger partial charge in [0.1, 0.15) is 50.4 Å². The van der Waals surface area contributed by atoms with Crippen LogP contribution in [0.2, 0.25) is 0 Å². The summed E-state index contributed by atoms with van der Waals surface area (Å²) < 4.78 is 57.7. The van der Waals surface area contributed by atoms with Crippen LogP contribution in [-0.4, -0.2) is 31.6 Å². The number of ether oxygens (including phenoxy) is 4. The van der Waals surface area contributed by atoms with Gasteiger partial charge in [-0.1, -0.05) is 35.8 Å². The van der Waals surface area contributed by atoms with Crippen molar-refractivity contribution in [2.45, 2.75) is 41.5 Å². The SMILES string of the molecule is C.C.C.C.COc1ccc(C(=O)c2ccc(Oc3ccc(Oc4ccc(C(=O)c5ccc(Oc6ccc(C)cc6S(=O)(=O)[O-])cc5)cc4)cc3)cc2)cc1.[Na+]. The fraction of sp³-hybridized carbons (Fsp3) is 0.136. The van der Waals surface area contributed by atoms with Crippen LogP contribution in [0.4, 0.5) is 0 Å². The first kappa shape index (κ1) is 47.8. The first-order chi connectivity index (χ1) is 24.1. The Morgan fingerprint density at radius 2 is 0.764 bits per heavy atom. The predicted molar refractivity (Wildman–Crippen MR) is 212 cm³/mol. The van der Waals surface area contributed by atoms with Crippen molar-refractivity contribution >= 4 is 21.7 Å². The van der Waals surface area contributed by atoms with Crippen LogP contribution in [0, 0.1) is 6.92 Å². The zero-order valence-corrected chi connectivity index (χ0v) is 30.7. The van der Waals surface area contributed by atoms with Gasteiger partial charge in [0.15, 0.2) is 11.6 Å². The van der Waals surface area contributed by atoms with Gasteiger partial charge in [0.2, 0.25) is 0 Å². The van der Waals surface area contributed by atoms with E-state index in [-0.39, 0.29) is 82.3 Å². The molecule has 0 bridgehead atoms. The number of carbonyl (C=O) groups excluding carboxylic acids is 2. The van der Waals surface area contributed by atoms with Gasteiger partial charge < -0.3 is 23.5 Å². The zero-order valence-electron chi connectivity index (χ0n) is 27.9. The Morgan fingerprint density at radius 1 is 0.473 bits per heavy atom. The van der Waals surface area contributed by atoms with Crippen molar-refractivity contribution in [2.75, 3.05) is 7.11 Å². The van der Waals surface area contributed by atoms with E-state index in [0.717, 1.165) is 0 Å². The maximum Gasteiger partial charge on any atom is 1.00 e. The van der Waals surface area contributed by atoms with Crippen LogP contribution < -0.4 is 48.5 Å². The molecular weight excluding hydrogens is 728 g/mol. The van der Waals surface area contributed by atoms with Crippen LogP contribution >= 0.6 is 0 Å². The molecule has 6 aromatic rings. The standard InChI is InChI=1S/C40H30O9S.4CH4.Na/c1-26-3-24-37(38(25-26)50(43,44)45)49-36-18-10-30(11-19-36)40(42)29-8-16-33(17-9-29)48-35-22-20-34(21-23-35)47-32-14-6-28(7-15-32)39(41)27-4-12-31(46-2)13-5-27;;;;;/h3-25H,1-2H3,(H,43,44,45);4*1H4;/q;;;;;+1/p-1. The molecule has 0 aliphatic rings. The summed E-state index contributed by atoms with van der Waals surface area (Å²) in [7, 11) is -3.16. The normalized spacial score (nSPS) is 10.0. The average Bonchev–Trinajstić information content (AvgIpc) is 3.13. The van der Waals surface area contributed by atoms with Crippen molar-refractivity contribution in [3.63, 3.8) is 0 Å². The molecule has 9 nitrogen and oxygen atoms in total. The molecule has 0 aliphatic heterocycles. The summed E-state index contributed by atoms with van der Waals surface area (Å²) in [4.78, 5) is 25.4. The largest absolute Gasteiger partial charge is 1.00 e. The third kappa shape index (κ3) is 12.1. The van der Waals surface area contributed by atoms with Crippen LogP contribution in [0.1, 0.15) is 67.1 Å². The summed E-state index contributed by atoms with van der Waals surface area (Å²) in [5.74, 6) is 2.77. The summed E-state index contributed by atoms with van der Waals surface area (Å²) in [6.45, 7) is 1.67. The van der Waals surface area contributed by atoms with Gasteiger partial charge in [-0.3, -0.25) is 9.59 Å². The van der Waals surface area contributed by atoms with Crippen LogP contribution in [-0.2, 0) is 10.1 Å². The van der Waals surface area contributed by atoms with E-state index in [1.807, 2.05) is 0 Å². The minimum Gasteiger partial charge on any atom is -0.744 e. The first-order valence-electron chi connectivity index (χ1n) is 15.3. The molecule has 0 saturated carbocycles. The van der Waals surface area contributed by atoms with Gasteiger partial charge in [0.25, 0.3) is 0 Å². The van der Waals surface area contributed by atoms with Crippen LogP contribution in [0.5, 0.6) is 40.2 Å². The van der Waals surface area contributed by atoms with Crippen LogP contribution in [0.3, 0.4) is 0 Å². The molecule has 0 radical (unpaired) electrons. The third-order valence-electron chi connectivity index (χ3n) is 7.59. The minimum atomic E-state index is -4.74. The molecule has 6 aromatic carbocycles. The molecule has 6 rings (SSSR count). The maximum absolute atomic E-state index is 13.1. The number of aryl methyl sites for hydroxylation is 1. The summed E-state index contributed by atoms with van der Waals surface area (Å²) in [5.41, 5.74) is 2.53. The third-order valence-corrected chi connectivity index (χ3v) is 8.45. The van der Waals surface area contributed by atoms with Gasteiger partial charge in [-0.25, -0.2) is 8.42 Å². The molecule has 0 amide bonds. The van der Waals surface area contributed by atoms with Crippen molar-refractivity contribution in [3.05, 3.63) is 167 Å². The molecule has 0 heterocycles. The van der Waals surface area contributed by atoms with Gasteiger partial charge in [0.05, 0.1) is 12.0 Å². The van der Waals surface area contributed by atoms with Crippen LogP contribution in [0.25, 0.3) is 0 Å². The molecule has 55 heavy (non-hydrogen) atoms. The Labute approximate surface area is 346 Å². The second-order valence-corrected chi connectivity index (χ2v) is 12.5. The van der Waals surface area contributed by atoms with Gasteiger partial charge in [-0.05, 0) is 146 Å². The molecular formula is C44H45NaO9S. The van der Waals surface area contributed by atoms with E-state index in [9.17, 15) is 22.6 Å². The summed E-state index contributed by atoms with van der Waals surface area (Å²) in [5, 5.41) is 0. The van der Waals surface area contributed by atoms with Crippen molar-refractivity contribution in [1.29, 1.82) is 0 Å². The molecule has 11 heteroatoms. The van der Waals surface area contributed by atoms with Crippen LogP contribution in [0.15, 0.2) is 144 Å². The minimum absolute atomic E-state index is 0. The van der Waals surface area contributed by atoms with E-state index in [1.54, 1.807) is 129 Å². The van der Waals surface area contributed by atoms with E-state index in [2.05, 4.69) is 0 Å². The Kier molecular flexibility index (Phi) is 18.3. The molecule has 0 fully saturated rings. The number of benzene rings is 6. The molecule has 0 unspecified atom stereocenters. The van der Waals surface area contributed by atoms with Gasteiger partial charge in [-0.2, -0.15) is 0 Å². The Hall–Kier alpha value is -5.23. The molecule has 282 valence electrons. The van der Waals surface area contributed by atoms with Gasteiger partial charge >= 0.3 is 29.6 Å². The topological polar surface area (TPSA) is 128 Å². The predicted octanol–water partition coefficient (Wildman–Crippen LogP) is 8.30. The average molecular weight is 773 g/mol. The Morgan fingerprint density at radius 3 is 1.07 bits per heavy atom. The van der Waals surface area contributed by atoms with E-state index >= 15 is 0 Å². The van der Waals surface area contributed by atoms with E-state index in [0.29, 0.717) is 56.6 Å². The second-order valence-electron chi connectivity index (χ2n) is 11.1. The number of hydrogen-bond donors (Lipinski definition) is 0. The molecule has 0 aromatic heterocycles. The second kappa shape index (κ2) is 21.0. The van der Waals surface area contributed by atoms with Gasteiger partial charge in [-0.15, -0.1) is 0 Å². The number of methoxy groups -OCH3 is 1. The van der Waals surface area contributed by atoms with Gasteiger partial charge in [0, 0.05) is 22.3 Å². The molecule has 0 spiro atoms. The quantitative estimate of drug-likeness (QED) is 0.0686. The molecule has 0 N–H and O–H groups in total.